The second-order valence-electron chi connectivity index (χ2n) is 5.07. The van der Waals surface area contributed by atoms with Gasteiger partial charge in [-0.05, 0) is 24.1 Å². The van der Waals surface area contributed by atoms with Gasteiger partial charge in [-0.15, -0.1) is 6.42 Å². The summed E-state index contributed by atoms with van der Waals surface area (Å²) in [4.78, 5) is 37.3. The molecule has 7 heteroatoms. The highest BCUT2D eigenvalue weighted by Crippen LogP contribution is 2.32. The maximum Gasteiger partial charge on any atom is 0.325 e. The normalized spacial score (nSPS) is 20.1. The van der Waals surface area contributed by atoms with E-state index in [-0.39, 0.29) is 13.0 Å². The Hall–Kier alpha value is -2.88. The van der Waals surface area contributed by atoms with E-state index < -0.39 is 35.7 Å². The number of imide groups is 1. The van der Waals surface area contributed by atoms with Gasteiger partial charge in [0.15, 0.2) is 0 Å². The van der Waals surface area contributed by atoms with Crippen LogP contribution in [0, 0.1) is 18.2 Å². The van der Waals surface area contributed by atoms with Crippen LogP contribution in [0.5, 0.6) is 0 Å². The third-order valence-electron chi connectivity index (χ3n) is 3.73. The molecular formula is C16H16FN3O3. The first kappa shape index (κ1) is 16.5. The lowest BCUT2D eigenvalue weighted by Crippen LogP contribution is -2.44. The topological polar surface area (TPSA) is 78.5 Å². The van der Waals surface area contributed by atoms with Gasteiger partial charge < -0.3 is 10.6 Å². The van der Waals surface area contributed by atoms with Crippen LogP contribution in [0.4, 0.5) is 9.18 Å². The minimum absolute atomic E-state index is 0.0133. The van der Waals surface area contributed by atoms with Crippen molar-refractivity contribution in [3.8, 4) is 12.3 Å². The fourth-order valence-electron chi connectivity index (χ4n) is 2.49. The van der Waals surface area contributed by atoms with Crippen molar-refractivity contribution >= 4 is 17.8 Å². The maximum absolute atomic E-state index is 13.1. The van der Waals surface area contributed by atoms with Crippen LogP contribution in [0.25, 0.3) is 0 Å². The van der Waals surface area contributed by atoms with E-state index in [0.717, 1.165) is 4.90 Å². The summed E-state index contributed by atoms with van der Waals surface area (Å²) < 4.78 is 13.1. The van der Waals surface area contributed by atoms with Crippen LogP contribution in [0.15, 0.2) is 24.3 Å². The van der Waals surface area contributed by atoms with Crippen LogP contribution in [0.2, 0.25) is 0 Å². The highest BCUT2D eigenvalue weighted by atomic mass is 19.1. The van der Waals surface area contributed by atoms with Crippen molar-refractivity contribution in [2.24, 2.45) is 0 Å². The van der Waals surface area contributed by atoms with E-state index in [4.69, 9.17) is 6.42 Å². The third kappa shape index (κ3) is 3.01. The van der Waals surface area contributed by atoms with Crippen LogP contribution in [-0.4, -0.2) is 35.8 Å². The monoisotopic (exact) mass is 317 g/mol. The molecule has 1 unspecified atom stereocenters. The fraction of sp³-hybridized carbons (Fsp3) is 0.312. The Balaban J connectivity index is 2.26. The lowest BCUT2D eigenvalue weighted by atomic mass is 9.87. The van der Waals surface area contributed by atoms with Crippen LogP contribution in [0.3, 0.4) is 0 Å². The largest absolute Gasteiger partial charge is 0.344 e. The second kappa shape index (κ2) is 6.48. The number of urea groups is 1. The summed E-state index contributed by atoms with van der Waals surface area (Å²) in [6.07, 6.45) is 5.31. The molecule has 2 N–H and O–H groups in total. The molecule has 1 aromatic rings. The summed E-state index contributed by atoms with van der Waals surface area (Å²) in [6, 6.07) is 4.65. The average molecular weight is 317 g/mol. The number of halogens is 1. The average Bonchev–Trinajstić information content (AvgIpc) is 2.78. The van der Waals surface area contributed by atoms with E-state index in [1.165, 1.54) is 24.3 Å². The summed E-state index contributed by atoms with van der Waals surface area (Å²) in [5.41, 5.74) is -0.830. The lowest BCUT2D eigenvalue weighted by Gasteiger charge is -2.25. The first-order valence-electron chi connectivity index (χ1n) is 7.05. The van der Waals surface area contributed by atoms with Crippen LogP contribution in [0.1, 0.15) is 18.9 Å². The van der Waals surface area contributed by atoms with E-state index in [9.17, 15) is 18.8 Å². The molecule has 1 saturated heterocycles. The molecule has 0 aliphatic carbocycles. The number of nitrogens with one attached hydrogen (secondary N) is 2. The Morgan fingerprint density at radius 1 is 1.39 bits per heavy atom. The molecule has 0 spiro atoms. The zero-order valence-electron chi connectivity index (χ0n) is 12.6. The van der Waals surface area contributed by atoms with E-state index in [0.29, 0.717) is 5.56 Å². The van der Waals surface area contributed by atoms with Crippen LogP contribution < -0.4 is 10.6 Å². The molecule has 0 bridgehead atoms. The van der Waals surface area contributed by atoms with E-state index in [1.54, 1.807) is 6.92 Å². The molecule has 1 fully saturated rings. The molecule has 2 rings (SSSR count). The number of carbonyl (C=O) groups is 3. The van der Waals surface area contributed by atoms with E-state index in [2.05, 4.69) is 16.6 Å². The molecule has 0 saturated carbocycles. The molecular weight excluding hydrogens is 301 g/mol. The Morgan fingerprint density at radius 2 is 2.04 bits per heavy atom. The molecule has 1 atom stereocenters. The minimum atomic E-state index is -1.29. The van der Waals surface area contributed by atoms with Gasteiger partial charge in [-0.25, -0.2) is 9.18 Å². The van der Waals surface area contributed by atoms with Gasteiger partial charge in [-0.3, -0.25) is 14.5 Å². The first-order chi connectivity index (χ1) is 10.9. The first-order valence-corrected chi connectivity index (χ1v) is 7.05. The van der Waals surface area contributed by atoms with Gasteiger partial charge in [0.05, 0.1) is 6.54 Å². The zero-order chi connectivity index (χ0) is 17.0. The molecule has 6 nitrogen and oxygen atoms in total. The number of terminal acetylenes is 1. The van der Waals surface area contributed by atoms with Crippen molar-refractivity contribution in [3.63, 3.8) is 0 Å². The summed E-state index contributed by atoms with van der Waals surface area (Å²) in [5, 5.41) is 5.00. The van der Waals surface area contributed by atoms with Gasteiger partial charge >= 0.3 is 6.03 Å². The number of amides is 4. The number of nitrogens with zero attached hydrogens (tertiary/aromatic N) is 1. The number of hydrogen-bond donors (Lipinski definition) is 2. The quantitative estimate of drug-likeness (QED) is 0.621. The Morgan fingerprint density at radius 3 is 2.61 bits per heavy atom. The summed E-state index contributed by atoms with van der Waals surface area (Å²) in [5.74, 6) is 0.712. The Kier molecular flexibility index (Phi) is 4.65. The van der Waals surface area contributed by atoms with Crippen molar-refractivity contribution in [2.75, 3.05) is 13.1 Å². The molecule has 4 amide bonds. The summed E-state index contributed by atoms with van der Waals surface area (Å²) in [6.45, 7) is 1.32. The third-order valence-corrected chi connectivity index (χ3v) is 3.73. The smallest absolute Gasteiger partial charge is 0.325 e. The zero-order valence-corrected chi connectivity index (χ0v) is 12.6. The van der Waals surface area contributed by atoms with E-state index >= 15 is 0 Å². The highest BCUT2D eigenvalue weighted by molar-refractivity contribution is 6.09. The number of carbonyl (C=O) groups excluding carboxylic acids is 3. The van der Waals surface area contributed by atoms with Gasteiger partial charge in [0.1, 0.15) is 17.9 Å². The van der Waals surface area contributed by atoms with Crippen LogP contribution in [-0.2, 0) is 15.1 Å². The standard InChI is InChI=1S/C16H16FN3O3/c1-3-9-18-13(21)10-20-14(22)16(4-2,19-15(20)23)11-5-7-12(17)8-6-11/h1,5-8H,4,9-10H2,2H3,(H,18,21)(H,19,23). The molecule has 0 radical (unpaired) electrons. The molecule has 1 aliphatic rings. The fourth-order valence-corrected chi connectivity index (χ4v) is 2.49. The SMILES string of the molecule is C#CCNC(=O)CN1C(=O)NC(CC)(c2ccc(F)cc2)C1=O. The van der Waals surface area contributed by atoms with Crippen molar-refractivity contribution in [1.82, 2.24) is 15.5 Å². The molecule has 1 aromatic carbocycles. The van der Waals surface area contributed by atoms with Crippen molar-refractivity contribution in [3.05, 3.63) is 35.6 Å². The Labute approximate surface area is 133 Å². The molecule has 0 aromatic heterocycles. The summed E-state index contributed by atoms with van der Waals surface area (Å²) in [7, 11) is 0. The number of rotatable bonds is 5. The van der Waals surface area contributed by atoms with Crippen molar-refractivity contribution in [1.29, 1.82) is 0 Å². The van der Waals surface area contributed by atoms with E-state index in [1.807, 2.05) is 0 Å². The van der Waals surface area contributed by atoms with Gasteiger partial charge in [0.25, 0.3) is 5.91 Å². The second-order valence-corrected chi connectivity index (χ2v) is 5.07. The molecule has 1 aliphatic heterocycles. The predicted octanol–water partition coefficient (Wildman–Crippen LogP) is 0.732. The van der Waals surface area contributed by atoms with Crippen molar-refractivity contribution < 1.29 is 18.8 Å². The van der Waals surface area contributed by atoms with Crippen molar-refractivity contribution in [2.45, 2.75) is 18.9 Å². The van der Waals surface area contributed by atoms with Crippen LogP contribution >= 0.6 is 0 Å². The lowest BCUT2D eigenvalue weighted by molar-refractivity contribution is -0.135. The van der Waals surface area contributed by atoms with Gasteiger partial charge in [0.2, 0.25) is 5.91 Å². The van der Waals surface area contributed by atoms with Gasteiger partial charge in [0, 0.05) is 0 Å². The van der Waals surface area contributed by atoms with Gasteiger partial charge in [-0.1, -0.05) is 25.0 Å². The molecule has 23 heavy (non-hydrogen) atoms. The maximum atomic E-state index is 13.1. The summed E-state index contributed by atoms with van der Waals surface area (Å²) >= 11 is 0. The number of benzene rings is 1. The highest BCUT2D eigenvalue weighted by Gasteiger charge is 2.51. The molecule has 1 heterocycles. The molecule has 120 valence electrons. The predicted molar refractivity (Wildman–Crippen MR) is 80.5 cm³/mol. The minimum Gasteiger partial charge on any atom is -0.344 e. The van der Waals surface area contributed by atoms with Gasteiger partial charge in [-0.2, -0.15) is 0 Å². The Bertz CT molecular complexity index is 681. The number of hydrogen-bond acceptors (Lipinski definition) is 3.